The molecule has 0 aliphatic rings. The Morgan fingerprint density at radius 1 is 1.16 bits per heavy atom. The maximum absolute atomic E-state index is 13.6. The minimum Gasteiger partial charge on any atom is -0.294 e. The number of Topliss-reactive ketones (excluding diaryl/α,β-unsaturated/α-hetero) is 1. The van der Waals surface area contributed by atoms with Crippen molar-refractivity contribution in [1.82, 2.24) is 0 Å². The second-order valence-electron chi connectivity index (χ2n) is 3.93. The minimum absolute atomic E-state index is 0.123. The quantitative estimate of drug-likeness (QED) is 0.730. The summed E-state index contributed by atoms with van der Waals surface area (Å²) in [5, 5.41) is 0.186. The summed E-state index contributed by atoms with van der Waals surface area (Å²) in [5.41, 5.74) is 0.303. The van der Waals surface area contributed by atoms with Crippen molar-refractivity contribution in [3.8, 4) is 0 Å². The number of ketones is 1. The van der Waals surface area contributed by atoms with E-state index in [2.05, 4.69) is 15.9 Å². The average molecular weight is 346 g/mol. The number of halogens is 4. The monoisotopic (exact) mass is 344 g/mol. The highest BCUT2D eigenvalue weighted by atomic mass is 79.9. The fraction of sp³-hybridized carbons (Fsp3) is 0.0714. The van der Waals surface area contributed by atoms with Gasteiger partial charge in [-0.05, 0) is 40.2 Å². The van der Waals surface area contributed by atoms with Gasteiger partial charge < -0.3 is 0 Å². The lowest BCUT2D eigenvalue weighted by molar-refractivity contribution is 0.0991. The summed E-state index contributed by atoms with van der Waals surface area (Å²) in [5.74, 6) is -1.47. The Labute approximate surface area is 122 Å². The van der Waals surface area contributed by atoms with Crippen molar-refractivity contribution in [3.63, 3.8) is 0 Å². The standard InChI is InChI=1S/C14H8BrClF2O/c15-10-5-4-8(6-13(10)18)14(19)7-9-11(16)2-1-3-12(9)17/h1-6H,7H2. The molecule has 0 fully saturated rings. The molecule has 0 heterocycles. The first kappa shape index (κ1) is 14.2. The molecule has 0 aliphatic heterocycles. The zero-order valence-corrected chi connectivity index (χ0v) is 11.9. The van der Waals surface area contributed by atoms with Crippen LogP contribution in [-0.2, 0) is 6.42 Å². The van der Waals surface area contributed by atoms with E-state index in [0.29, 0.717) is 0 Å². The van der Waals surface area contributed by atoms with Gasteiger partial charge in [0.2, 0.25) is 0 Å². The molecule has 0 aliphatic carbocycles. The highest BCUT2D eigenvalue weighted by molar-refractivity contribution is 9.10. The number of rotatable bonds is 3. The Bertz CT molecular complexity index is 623. The van der Waals surface area contributed by atoms with Crippen LogP contribution in [0.3, 0.4) is 0 Å². The van der Waals surface area contributed by atoms with Crippen molar-refractivity contribution in [2.24, 2.45) is 0 Å². The molecule has 0 atom stereocenters. The molecule has 2 aromatic carbocycles. The number of hydrogen-bond acceptors (Lipinski definition) is 1. The first-order valence-electron chi connectivity index (χ1n) is 5.40. The van der Waals surface area contributed by atoms with Crippen LogP contribution in [0.25, 0.3) is 0 Å². The van der Waals surface area contributed by atoms with Gasteiger partial charge in [0.05, 0.1) is 4.47 Å². The van der Waals surface area contributed by atoms with Crippen LogP contribution in [0, 0.1) is 11.6 Å². The first-order valence-corrected chi connectivity index (χ1v) is 6.57. The van der Waals surface area contributed by atoms with E-state index < -0.39 is 17.4 Å². The molecule has 2 aromatic rings. The molecule has 2 rings (SSSR count). The Hall–Kier alpha value is -1.26. The van der Waals surface area contributed by atoms with Gasteiger partial charge in [0, 0.05) is 22.6 Å². The maximum Gasteiger partial charge on any atom is 0.167 e. The maximum atomic E-state index is 13.6. The molecule has 0 saturated heterocycles. The van der Waals surface area contributed by atoms with Crippen LogP contribution in [0.2, 0.25) is 5.02 Å². The SMILES string of the molecule is O=C(Cc1c(F)cccc1Cl)c1ccc(Br)c(F)c1. The Balaban J connectivity index is 2.28. The van der Waals surface area contributed by atoms with Crippen molar-refractivity contribution in [3.05, 3.63) is 68.7 Å². The molecule has 0 saturated carbocycles. The highest BCUT2D eigenvalue weighted by Gasteiger charge is 2.14. The third-order valence-electron chi connectivity index (χ3n) is 2.64. The van der Waals surface area contributed by atoms with Gasteiger partial charge in [-0.15, -0.1) is 0 Å². The molecule has 0 unspecified atom stereocenters. The van der Waals surface area contributed by atoms with Crippen LogP contribution in [0.15, 0.2) is 40.9 Å². The molecule has 0 bridgehead atoms. The summed E-state index contributed by atoms with van der Waals surface area (Å²) in [6.07, 6.45) is -0.202. The van der Waals surface area contributed by atoms with E-state index in [9.17, 15) is 13.6 Å². The smallest absolute Gasteiger partial charge is 0.167 e. The molecule has 0 N–H and O–H groups in total. The van der Waals surface area contributed by atoms with Crippen LogP contribution in [-0.4, -0.2) is 5.78 Å². The van der Waals surface area contributed by atoms with Crippen LogP contribution in [0.5, 0.6) is 0 Å². The predicted octanol–water partition coefficient (Wildman–Crippen LogP) is 4.81. The topological polar surface area (TPSA) is 17.1 Å². The second kappa shape index (κ2) is 5.80. The molecule has 5 heteroatoms. The molecular formula is C14H8BrClF2O. The van der Waals surface area contributed by atoms with E-state index >= 15 is 0 Å². The van der Waals surface area contributed by atoms with Gasteiger partial charge in [-0.25, -0.2) is 8.78 Å². The molecule has 1 nitrogen and oxygen atoms in total. The molecule has 0 radical (unpaired) electrons. The summed E-state index contributed by atoms with van der Waals surface area (Å²) in [6.45, 7) is 0. The van der Waals surface area contributed by atoms with E-state index in [-0.39, 0.29) is 27.0 Å². The number of carbonyl (C=O) groups is 1. The van der Waals surface area contributed by atoms with Crippen molar-refractivity contribution in [2.75, 3.05) is 0 Å². The van der Waals surface area contributed by atoms with Gasteiger partial charge in [-0.3, -0.25) is 4.79 Å². The third-order valence-corrected chi connectivity index (χ3v) is 3.64. The lowest BCUT2D eigenvalue weighted by Crippen LogP contribution is -2.06. The summed E-state index contributed by atoms with van der Waals surface area (Å²) < 4.78 is 27.2. The van der Waals surface area contributed by atoms with E-state index in [1.807, 2.05) is 0 Å². The molecule has 0 amide bonds. The first-order chi connectivity index (χ1) is 8.99. The van der Waals surface area contributed by atoms with Crippen molar-refractivity contribution < 1.29 is 13.6 Å². The van der Waals surface area contributed by atoms with Crippen molar-refractivity contribution in [2.45, 2.75) is 6.42 Å². The fourth-order valence-corrected chi connectivity index (χ4v) is 2.11. The minimum atomic E-state index is -0.543. The average Bonchev–Trinajstić information content (AvgIpc) is 2.37. The Morgan fingerprint density at radius 3 is 2.53 bits per heavy atom. The lowest BCUT2D eigenvalue weighted by atomic mass is 10.0. The zero-order valence-electron chi connectivity index (χ0n) is 9.59. The van der Waals surface area contributed by atoms with E-state index in [4.69, 9.17) is 11.6 Å². The van der Waals surface area contributed by atoms with E-state index in [0.717, 1.165) is 6.07 Å². The van der Waals surface area contributed by atoms with Gasteiger partial charge in [-0.2, -0.15) is 0 Å². The number of benzene rings is 2. The summed E-state index contributed by atoms with van der Waals surface area (Å²) in [6, 6.07) is 8.23. The zero-order chi connectivity index (χ0) is 14.0. The van der Waals surface area contributed by atoms with E-state index in [1.54, 1.807) is 0 Å². The van der Waals surface area contributed by atoms with Gasteiger partial charge >= 0.3 is 0 Å². The normalized spacial score (nSPS) is 10.5. The largest absolute Gasteiger partial charge is 0.294 e. The Morgan fingerprint density at radius 2 is 1.89 bits per heavy atom. The van der Waals surface area contributed by atoms with Crippen molar-refractivity contribution in [1.29, 1.82) is 0 Å². The molecule has 0 spiro atoms. The summed E-state index contributed by atoms with van der Waals surface area (Å²) >= 11 is 8.84. The Kier molecular flexibility index (Phi) is 4.32. The van der Waals surface area contributed by atoms with Gasteiger partial charge in [0.1, 0.15) is 11.6 Å². The summed E-state index contributed by atoms with van der Waals surface area (Å²) in [7, 11) is 0. The second-order valence-corrected chi connectivity index (χ2v) is 5.19. The van der Waals surface area contributed by atoms with Crippen LogP contribution in [0.1, 0.15) is 15.9 Å². The predicted molar refractivity (Wildman–Crippen MR) is 73.5 cm³/mol. The summed E-state index contributed by atoms with van der Waals surface area (Å²) in [4.78, 5) is 12.0. The van der Waals surface area contributed by atoms with Gasteiger partial charge in [0.15, 0.2) is 5.78 Å². The molecule has 98 valence electrons. The third kappa shape index (κ3) is 3.19. The van der Waals surface area contributed by atoms with E-state index in [1.165, 1.54) is 30.3 Å². The van der Waals surface area contributed by atoms with Gasteiger partial charge in [-0.1, -0.05) is 23.7 Å². The molecule has 19 heavy (non-hydrogen) atoms. The number of carbonyl (C=O) groups excluding carboxylic acids is 1. The van der Waals surface area contributed by atoms with Crippen molar-refractivity contribution >= 4 is 33.3 Å². The van der Waals surface area contributed by atoms with Crippen LogP contribution >= 0.6 is 27.5 Å². The molecule has 0 aromatic heterocycles. The number of hydrogen-bond donors (Lipinski definition) is 0. The molecular weight excluding hydrogens is 338 g/mol. The van der Waals surface area contributed by atoms with Crippen LogP contribution in [0.4, 0.5) is 8.78 Å². The highest BCUT2D eigenvalue weighted by Crippen LogP contribution is 2.22. The lowest BCUT2D eigenvalue weighted by Gasteiger charge is -2.06. The van der Waals surface area contributed by atoms with Gasteiger partial charge in [0.25, 0.3) is 0 Å². The van der Waals surface area contributed by atoms with Crippen LogP contribution < -0.4 is 0 Å². The fourth-order valence-electron chi connectivity index (χ4n) is 1.63.